The molecule has 0 N–H and O–H groups in total. The summed E-state index contributed by atoms with van der Waals surface area (Å²) in [5.74, 6) is 0. The van der Waals surface area contributed by atoms with E-state index in [2.05, 4.69) is 98.8 Å². The van der Waals surface area contributed by atoms with Crippen molar-refractivity contribution in [2.24, 2.45) is 0 Å². The lowest BCUT2D eigenvalue weighted by Gasteiger charge is -2.32. The Balaban J connectivity index is 2.00. The molecule has 0 saturated carbocycles. The number of hydrogen-bond acceptors (Lipinski definition) is 0. The molecule has 3 rings (SSSR count). The highest BCUT2D eigenvalue weighted by atomic mass is 14.3. The highest BCUT2D eigenvalue weighted by Gasteiger charge is 2.28. The molecule has 3 aromatic carbocycles. The van der Waals surface area contributed by atoms with Gasteiger partial charge in [0.05, 0.1) is 0 Å². The van der Waals surface area contributed by atoms with E-state index in [0.29, 0.717) is 0 Å². The number of benzene rings is 3. The SMILES string of the molecule is Cc1ccccc1C(C)(Cc1ccccc1)Cc1ccccc1. The van der Waals surface area contributed by atoms with Gasteiger partial charge >= 0.3 is 0 Å². The largest absolute Gasteiger partial charge is 0.0622 e. The van der Waals surface area contributed by atoms with Crippen LogP contribution in [0.25, 0.3) is 0 Å². The Kier molecular flexibility index (Phi) is 4.62. The van der Waals surface area contributed by atoms with E-state index in [1.54, 1.807) is 0 Å². The molecule has 3 aromatic rings. The van der Waals surface area contributed by atoms with Crippen molar-refractivity contribution < 1.29 is 0 Å². The highest BCUT2D eigenvalue weighted by Crippen LogP contribution is 2.34. The predicted molar refractivity (Wildman–Crippen MR) is 98.8 cm³/mol. The van der Waals surface area contributed by atoms with Crippen LogP contribution in [0.2, 0.25) is 0 Å². The molecule has 0 fully saturated rings. The van der Waals surface area contributed by atoms with Crippen LogP contribution in [-0.4, -0.2) is 0 Å². The van der Waals surface area contributed by atoms with Crippen LogP contribution in [0, 0.1) is 6.92 Å². The first-order valence-electron chi connectivity index (χ1n) is 8.31. The molecule has 0 heteroatoms. The van der Waals surface area contributed by atoms with Gasteiger partial charge < -0.3 is 0 Å². The fourth-order valence-electron chi connectivity index (χ4n) is 3.60. The molecule has 0 heterocycles. The van der Waals surface area contributed by atoms with E-state index in [0.717, 1.165) is 12.8 Å². The Morgan fingerprint density at radius 1 is 0.609 bits per heavy atom. The summed E-state index contributed by atoms with van der Waals surface area (Å²) in [5, 5.41) is 0. The van der Waals surface area contributed by atoms with E-state index in [-0.39, 0.29) is 5.41 Å². The van der Waals surface area contributed by atoms with E-state index < -0.39 is 0 Å². The van der Waals surface area contributed by atoms with Gasteiger partial charge in [0.1, 0.15) is 0 Å². The van der Waals surface area contributed by atoms with Gasteiger partial charge in [0.25, 0.3) is 0 Å². The molecular weight excluding hydrogens is 276 g/mol. The summed E-state index contributed by atoms with van der Waals surface area (Å²) < 4.78 is 0. The second-order valence-corrected chi connectivity index (χ2v) is 6.70. The standard InChI is InChI=1S/C23H24/c1-19-11-9-10-16-22(19)23(2,17-20-12-5-3-6-13-20)18-21-14-7-4-8-15-21/h3-16H,17-18H2,1-2H3. The lowest BCUT2D eigenvalue weighted by molar-refractivity contribution is 0.463. The molecule has 0 atom stereocenters. The van der Waals surface area contributed by atoms with Crippen LogP contribution in [0.3, 0.4) is 0 Å². The van der Waals surface area contributed by atoms with Crippen molar-refractivity contribution in [1.29, 1.82) is 0 Å². The van der Waals surface area contributed by atoms with Crippen LogP contribution < -0.4 is 0 Å². The quantitative estimate of drug-likeness (QED) is 0.564. The van der Waals surface area contributed by atoms with Gasteiger partial charge in [-0.3, -0.25) is 0 Å². The lowest BCUT2D eigenvalue weighted by atomic mass is 9.71. The minimum absolute atomic E-state index is 0.0913. The molecule has 0 bridgehead atoms. The minimum atomic E-state index is 0.0913. The van der Waals surface area contributed by atoms with Crippen molar-refractivity contribution in [3.05, 3.63) is 107 Å². The number of hydrogen-bond donors (Lipinski definition) is 0. The van der Waals surface area contributed by atoms with Crippen molar-refractivity contribution in [2.45, 2.75) is 32.1 Å². The van der Waals surface area contributed by atoms with Gasteiger partial charge in [0.15, 0.2) is 0 Å². The Morgan fingerprint density at radius 3 is 1.52 bits per heavy atom. The molecule has 116 valence electrons. The second kappa shape index (κ2) is 6.83. The van der Waals surface area contributed by atoms with Gasteiger partial charge in [-0.1, -0.05) is 91.9 Å². The summed E-state index contributed by atoms with van der Waals surface area (Å²) in [6.45, 7) is 4.62. The zero-order valence-corrected chi connectivity index (χ0v) is 14.0. The fourth-order valence-corrected chi connectivity index (χ4v) is 3.60. The van der Waals surface area contributed by atoms with Gasteiger partial charge in [-0.25, -0.2) is 0 Å². The van der Waals surface area contributed by atoms with Crippen molar-refractivity contribution in [1.82, 2.24) is 0 Å². The maximum Gasteiger partial charge on any atom is 0.000800 e. The van der Waals surface area contributed by atoms with Crippen molar-refractivity contribution in [2.75, 3.05) is 0 Å². The molecule has 0 spiro atoms. The Hall–Kier alpha value is -2.34. The summed E-state index contributed by atoms with van der Waals surface area (Å²) in [5.41, 5.74) is 5.71. The normalized spacial score (nSPS) is 11.4. The predicted octanol–water partition coefficient (Wildman–Crippen LogP) is 5.74. The molecule has 0 aromatic heterocycles. The fraction of sp³-hybridized carbons (Fsp3) is 0.217. The Bertz CT molecular complexity index is 700. The molecule has 0 nitrogen and oxygen atoms in total. The van der Waals surface area contributed by atoms with Gasteiger partial charge in [-0.05, 0) is 42.0 Å². The van der Waals surface area contributed by atoms with E-state index in [4.69, 9.17) is 0 Å². The maximum atomic E-state index is 2.40. The van der Waals surface area contributed by atoms with Crippen LogP contribution in [0.5, 0.6) is 0 Å². The van der Waals surface area contributed by atoms with Crippen LogP contribution in [0.15, 0.2) is 84.9 Å². The molecule has 0 aliphatic carbocycles. The first kappa shape index (κ1) is 15.6. The van der Waals surface area contributed by atoms with Crippen LogP contribution in [-0.2, 0) is 18.3 Å². The second-order valence-electron chi connectivity index (χ2n) is 6.70. The lowest BCUT2D eigenvalue weighted by Crippen LogP contribution is -2.29. The summed E-state index contributed by atoms with van der Waals surface area (Å²) >= 11 is 0. The third kappa shape index (κ3) is 3.71. The molecular formula is C23H24. The third-order valence-corrected chi connectivity index (χ3v) is 4.67. The van der Waals surface area contributed by atoms with E-state index in [9.17, 15) is 0 Å². The van der Waals surface area contributed by atoms with E-state index >= 15 is 0 Å². The van der Waals surface area contributed by atoms with Crippen molar-refractivity contribution in [3.63, 3.8) is 0 Å². The van der Waals surface area contributed by atoms with Crippen molar-refractivity contribution in [3.8, 4) is 0 Å². The molecule has 0 aliphatic heterocycles. The van der Waals surface area contributed by atoms with Crippen molar-refractivity contribution >= 4 is 0 Å². The molecule has 0 saturated heterocycles. The molecule has 23 heavy (non-hydrogen) atoms. The third-order valence-electron chi connectivity index (χ3n) is 4.67. The smallest absolute Gasteiger partial charge is 0.000800 e. The topological polar surface area (TPSA) is 0 Å². The van der Waals surface area contributed by atoms with Gasteiger partial charge in [-0.15, -0.1) is 0 Å². The summed E-state index contributed by atoms with van der Waals surface area (Å²) in [6, 6.07) is 30.5. The summed E-state index contributed by atoms with van der Waals surface area (Å²) in [7, 11) is 0. The molecule has 0 unspecified atom stereocenters. The minimum Gasteiger partial charge on any atom is -0.0622 e. The average molecular weight is 300 g/mol. The Labute approximate surface area is 139 Å². The van der Waals surface area contributed by atoms with Gasteiger partial charge in [-0.2, -0.15) is 0 Å². The van der Waals surface area contributed by atoms with Gasteiger partial charge in [0.2, 0.25) is 0 Å². The average Bonchev–Trinajstić information content (AvgIpc) is 2.57. The maximum absolute atomic E-state index is 2.40. The van der Waals surface area contributed by atoms with E-state index in [1.165, 1.54) is 22.3 Å². The monoisotopic (exact) mass is 300 g/mol. The van der Waals surface area contributed by atoms with Crippen LogP contribution in [0.1, 0.15) is 29.2 Å². The van der Waals surface area contributed by atoms with Gasteiger partial charge in [0, 0.05) is 5.41 Å². The first-order valence-corrected chi connectivity index (χ1v) is 8.31. The number of aryl methyl sites for hydroxylation is 1. The van der Waals surface area contributed by atoms with Crippen LogP contribution >= 0.6 is 0 Å². The zero-order valence-electron chi connectivity index (χ0n) is 14.0. The molecule has 0 amide bonds. The number of rotatable bonds is 5. The van der Waals surface area contributed by atoms with Crippen LogP contribution in [0.4, 0.5) is 0 Å². The first-order chi connectivity index (χ1) is 11.2. The molecule has 0 aliphatic rings. The Morgan fingerprint density at radius 2 is 1.04 bits per heavy atom. The zero-order chi connectivity index (χ0) is 16.1. The summed E-state index contributed by atoms with van der Waals surface area (Å²) in [4.78, 5) is 0. The van der Waals surface area contributed by atoms with E-state index in [1.807, 2.05) is 0 Å². The molecule has 0 radical (unpaired) electrons. The highest BCUT2D eigenvalue weighted by molar-refractivity contribution is 5.37. The summed E-state index contributed by atoms with van der Waals surface area (Å²) in [6.07, 6.45) is 2.10.